The topological polar surface area (TPSA) is 84.4 Å². The van der Waals surface area contributed by atoms with Crippen LogP contribution in [0.2, 0.25) is 0 Å². The van der Waals surface area contributed by atoms with E-state index in [2.05, 4.69) is 15.2 Å². The Balaban J connectivity index is 0.00000144. The van der Waals surface area contributed by atoms with E-state index in [1.54, 1.807) is 12.3 Å². The number of nitrogens with zero attached hydrogens (tertiary/aromatic N) is 2. The molecule has 0 aromatic carbocycles. The standard InChI is InChI=1S/C16H20N4O2.2ClH/c17-9-14-8-13(11-22-14)16(21)19-10-12-3-4-18-15(7-12)20-5-1-2-6-20;;/h3-4,7-8,11H,1-2,5-6,9-10,17H2,(H,19,21);2*1H. The highest BCUT2D eigenvalue weighted by Crippen LogP contribution is 2.18. The van der Waals surface area contributed by atoms with Crippen molar-refractivity contribution in [3.63, 3.8) is 0 Å². The Labute approximate surface area is 153 Å². The fourth-order valence-electron chi connectivity index (χ4n) is 2.58. The minimum Gasteiger partial charge on any atom is -0.467 e. The van der Waals surface area contributed by atoms with Crippen LogP contribution in [0.25, 0.3) is 0 Å². The Bertz CT molecular complexity index is 657. The van der Waals surface area contributed by atoms with Gasteiger partial charge < -0.3 is 20.4 Å². The average Bonchev–Trinajstić information content (AvgIpc) is 3.24. The summed E-state index contributed by atoms with van der Waals surface area (Å²) in [6.07, 6.45) is 5.65. The van der Waals surface area contributed by atoms with E-state index in [9.17, 15) is 4.79 Å². The third-order valence-electron chi connectivity index (χ3n) is 3.81. The minimum atomic E-state index is -0.164. The molecule has 0 radical (unpaired) electrons. The zero-order valence-electron chi connectivity index (χ0n) is 13.2. The molecule has 132 valence electrons. The smallest absolute Gasteiger partial charge is 0.254 e. The molecule has 1 fully saturated rings. The molecular formula is C16H22Cl2N4O2. The predicted octanol–water partition coefficient (Wildman–Crippen LogP) is 2.51. The van der Waals surface area contributed by atoms with Gasteiger partial charge in [0.25, 0.3) is 5.91 Å². The maximum absolute atomic E-state index is 12.1. The SMILES string of the molecule is Cl.Cl.NCc1cc(C(=O)NCc2ccnc(N3CCCC3)c2)co1. The Kier molecular flexibility index (Phi) is 8.04. The number of rotatable bonds is 5. The first-order valence-electron chi connectivity index (χ1n) is 7.52. The number of pyridine rings is 1. The van der Waals surface area contributed by atoms with Crippen molar-refractivity contribution in [2.45, 2.75) is 25.9 Å². The maximum atomic E-state index is 12.1. The van der Waals surface area contributed by atoms with Gasteiger partial charge in [0.15, 0.2) is 0 Å². The van der Waals surface area contributed by atoms with Gasteiger partial charge in [-0.3, -0.25) is 4.79 Å². The van der Waals surface area contributed by atoms with Crippen LogP contribution < -0.4 is 16.0 Å². The Morgan fingerprint density at radius 3 is 2.71 bits per heavy atom. The fraction of sp³-hybridized carbons (Fsp3) is 0.375. The van der Waals surface area contributed by atoms with Crippen molar-refractivity contribution >= 4 is 36.5 Å². The molecular weight excluding hydrogens is 351 g/mol. The molecule has 2 aromatic heterocycles. The summed E-state index contributed by atoms with van der Waals surface area (Å²) in [6, 6.07) is 5.62. The highest BCUT2D eigenvalue weighted by atomic mass is 35.5. The van der Waals surface area contributed by atoms with Crippen LogP contribution >= 0.6 is 24.8 Å². The molecule has 1 amide bonds. The molecule has 1 aliphatic heterocycles. The van der Waals surface area contributed by atoms with Crippen LogP contribution in [0, 0.1) is 0 Å². The molecule has 1 saturated heterocycles. The van der Waals surface area contributed by atoms with Crippen molar-refractivity contribution in [1.82, 2.24) is 10.3 Å². The second-order valence-corrected chi connectivity index (χ2v) is 5.40. The minimum absolute atomic E-state index is 0. The highest BCUT2D eigenvalue weighted by molar-refractivity contribution is 5.93. The lowest BCUT2D eigenvalue weighted by Crippen LogP contribution is -2.23. The summed E-state index contributed by atoms with van der Waals surface area (Å²) in [5.41, 5.74) is 7.00. The Morgan fingerprint density at radius 2 is 2.04 bits per heavy atom. The third kappa shape index (κ3) is 4.87. The lowest BCUT2D eigenvalue weighted by atomic mass is 10.2. The van der Waals surface area contributed by atoms with Gasteiger partial charge in [-0.25, -0.2) is 4.98 Å². The quantitative estimate of drug-likeness (QED) is 0.841. The van der Waals surface area contributed by atoms with Crippen molar-refractivity contribution in [2.75, 3.05) is 18.0 Å². The molecule has 0 bridgehead atoms. The number of amides is 1. The summed E-state index contributed by atoms with van der Waals surface area (Å²) in [7, 11) is 0. The van der Waals surface area contributed by atoms with Crippen LogP contribution in [0.1, 0.15) is 34.5 Å². The number of carbonyl (C=O) groups excluding carboxylic acids is 1. The molecule has 0 saturated carbocycles. The lowest BCUT2D eigenvalue weighted by Gasteiger charge is -2.16. The van der Waals surface area contributed by atoms with Crippen molar-refractivity contribution in [1.29, 1.82) is 0 Å². The van der Waals surface area contributed by atoms with Gasteiger partial charge in [0.1, 0.15) is 17.8 Å². The van der Waals surface area contributed by atoms with E-state index in [0.717, 1.165) is 24.5 Å². The molecule has 1 aliphatic rings. The third-order valence-corrected chi connectivity index (χ3v) is 3.81. The second-order valence-electron chi connectivity index (χ2n) is 5.40. The van der Waals surface area contributed by atoms with E-state index in [-0.39, 0.29) is 37.3 Å². The normalized spacial score (nSPS) is 13.1. The van der Waals surface area contributed by atoms with Crippen LogP contribution in [0.5, 0.6) is 0 Å². The lowest BCUT2D eigenvalue weighted by molar-refractivity contribution is 0.0950. The number of hydrogen-bond donors (Lipinski definition) is 2. The van der Waals surface area contributed by atoms with Crippen LogP contribution in [-0.4, -0.2) is 24.0 Å². The Morgan fingerprint density at radius 1 is 1.29 bits per heavy atom. The van der Waals surface area contributed by atoms with E-state index >= 15 is 0 Å². The summed E-state index contributed by atoms with van der Waals surface area (Å²) >= 11 is 0. The number of furan rings is 1. The first-order valence-corrected chi connectivity index (χ1v) is 7.52. The zero-order valence-corrected chi connectivity index (χ0v) is 14.9. The van der Waals surface area contributed by atoms with Crippen molar-refractivity contribution < 1.29 is 9.21 Å². The van der Waals surface area contributed by atoms with Gasteiger partial charge >= 0.3 is 0 Å². The van der Waals surface area contributed by atoms with Gasteiger partial charge in [-0.2, -0.15) is 0 Å². The Hall–Kier alpha value is -1.76. The molecule has 6 nitrogen and oxygen atoms in total. The molecule has 0 spiro atoms. The molecule has 8 heteroatoms. The van der Waals surface area contributed by atoms with Gasteiger partial charge in [0.05, 0.1) is 12.1 Å². The van der Waals surface area contributed by atoms with Gasteiger partial charge in [0, 0.05) is 25.8 Å². The molecule has 0 aliphatic carbocycles. The van der Waals surface area contributed by atoms with Gasteiger partial charge in [-0.05, 0) is 36.6 Å². The van der Waals surface area contributed by atoms with Crippen LogP contribution in [0.15, 0.2) is 35.1 Å². The van der Waals surface area contributed by atoms with E-state index in [4.69, 9.17) is 10.2 Å². The summed E-state index contributed by atoms with van der Waals surface area (Å²) in [5.74, 6) is 1.42. The fourth-order valence-corrected chi connectivity index (χ4v) is 2.58. The summed E-state index contributed by atoms with van der Waals surface area (Å²) in [4.78, 5) is 18.7. The number of nitrogens with one attached hydrogen (secondary N) is 1. The van der Waals surface area contributed by atoms with Crippen molar-refractivity contribution in [2.24, 2.45) is 5.73 Å². The zero-order chi connectivity index (χ0) is 15.4. The number of halogens is 2. The largest absolute Gasteiger partial charge is 0.467 e. The van der Waals surface area contributed by atoms with Crippen molar-refractivity contribution in [3.8, 4) is 0 Å². The van der Waals surface area contributed by atoms with Gasteiger partial charge in [0.2, 0.25) is 0 Å². The van der Waals surface area contributed by atoms with Crippen molar-refractivity contribution in [3.05, 3.63) is 47.5 Å². The number of anilines is 1. The molecule has 3 rings (SSSR count). The van der Waals surface area contributed by atoms with E-state index in [1.165, 1.54) is 19.1 Å². The number of nitrogens with two attached hydrogens (primary N) is 1. The van der Waals surface area contributed by atoms with E-state index < -0.39 is 0 Å². The number of aromatic nitrogens is 1. The second kappa shape index (κ2) is 9.52. The van der Waals surface area contributed by atoms with E-state index in [0.29, 0.717) is 17.9 Å². The number of hydrogen-bond acceptors (Lipinski definition) is 5. The predicted molar refractivity (Wildman–Crippen MR) is 97.9 cm³/mol. The first-order chi connectivity index (χ1) is 10.8. The molecule has 3 heterocycles. The van der Waals surface area contributed by atoms with Gasteiger partial charge in [-0.15, -0.1) is 24.8 Å². The summed E-state index contributed by atoms with van der Waals surface area (Å²) in [5, 5.41) is 2.88. The molecule has 2 aromatic rings. The van der Waals surface area contributed by atoms with Crippen LogP contribution in [0.4, 0.5) is 5.82 Å². The molecule has 0 atom stereocenters. The maximum Gasteiger partial charge on any atom is 0.254 e. The first kappa shape index (κ1) is 20.3. The molecule has 24 heavy (non-hydrogen) atoms. The molecule has 0 unspecified atom stereocenters. The summed E-state index contributed by atoms with van der Waals surface area (Å²) < 4.78 is 5.17. The monoisotopic (exact) mass is 372 g/mol. The molecule has 3 N–H and O–H groups in total. The van der Waals surface area contributed by atoms with Crippen LogP contribution in [0.3, 0.4) is 0 Å². The average molecular weight is 373 g/mol. The number of carbonyl (C=O) groups is 1. The van der Waals surface area contributed by atoms with Crippen LogP contribution in [-0.2, 0) is 13.1 Å². The van der Waals surface area contributed by atoms with Gasteiger partial charge in [-0.1, -0.05) is 0 Å². The highest BCUT2D eigenvalue weighted by Gasteiger charge is 2.14. The van der Waals surface area contributed by atoms with E-state index in [1.807, 2.05) is 12.1 Å². The summed E-state index contributed by atoms with van der Waals surface area (Å²) in [6.45, 7) is 2.86.